The molecular weight excluding hydrogens is 190 g/mol. The summed E-state index contributed by atoms with van der Waals surface area (Å²) in [5.41, 5.74) is 1.66. The molecule has 0 aliphatic carbocycles. The molecule has 0 amide bonds. The van der Waals surface area contributed by atoms with E-state index in [0.717, 1.165) is 11.3 Å². The summed E-state index contributed by atoms with van der Waals surface area (Å²) in [7, 11) is 0. The van der Waals surface area contributed by atoms with Gasteiger partial charge in [0.1, 0.15) is 5.82 Å². The van der Waals surface area contributed by atoms with Crippen LogP contribution in [0.25, 0.3) is 0 Å². The molecule has 0 aromatic carbocycles. The van der Waals surface area contributed by atoms with Gasteiger partial charge in [-0.1, -0.05) is 6.07 Å². The summed E-state index contributed by atoms with van der Waals surface area (Å²) >= 11 is 0. The highest BCUT2D eigenvalue weighted by Crippen LogP contribution is 2.02. The zero-order chi connectivity index (χ0) is 10.5. The molecule has 4 heteroatoms. The first-order chi connectivity index (χ1) is 7.38. The quantitative estimate of drug-likeness (QED) is 0.803. The van der Waals surface area contributed by atoms with Crippen molar-refractivity contribution in [1.29, 1.82) is 0 Å². The Morgan fingerprint density at radius 3 is 2.47 bits per heavy atom. The van der Waals surface area contributed by atoms with Gasteiger partial charge in [0.05, 0.1) is 6.61 Å². The van der Waals surface area contributed by atoms with Crippen LogP contribution in [-0.2, 0) is 13.0 Å². The average Bonchev–Trinajstić information content (AvgIpc) is 2.31. The Labute approximate surface area is 87.7 Å². The Hall–Kier alpha value is -1.81. The standard InChI is InChI=1S/C11H11N3O/c15-8-9-6-13-11(14-7-9)5-10-3-1-2-4-12-10/h1-4,6-7,15H,5,8H2. The maximum Gasteiger partial charge on any atom is 0.134 e. The first-order valence-electron chi connectivity index (χ1n) is 4.69. The van der Waals surface area contributed by atoms with Crippen LogP contribution >= 0.6 is 0 Å². The van der Waals surface area contributed by atoms with Gasteiger partial charge < -0.3 is 5.11 Å². The van der Waals surface area contributed by atoms with E-state index in [0.29, 0.717) is 12.2 Å². The largest absolute Gasteiger partial charge is 0.392 e. The van der Waals surface area contributed by atoms with Gasteiger partial charge in [0.25, 0.3) is 0 Å². The minimum Gasteiger partial charge on any atom is -0.392 e. The third kappa shape index (κ3) is 2.57. The number of hydrogen-bond donors (Lipinski definition) is 1. The van der Waals surface area contributed by atoms with Gasteiger partial charge in [-0.2, -0.15) is 0 Å². The lowest BCUT2D eigenvalue weighted by molar-refractivity contribution is 0.280. The number of aliphatic hydroxyl groups is 1. The van der Waals surface area contributed by atoms with Gasteiger partial charge in [-0.05, 0) is 12.1 Å². The summed E-state index contributed by atoms with van der Waals surface area (Å²) < 4.78 is 0. The molecule has 2 aromatic rings. The molecule has 76 valence electrons. The van der Waals surface area contributed by atoms with E-state index in [1.54, 1.807) is 18.6 Å². The van der Waals surface area contributed by atoms with Crippen molar-refractivity contribution in [2.75, 3.05) is 0 Å². The zero-order valence-corrected chi connectivity index (χ0v) is 8.17. The third-order valence-corrected chi connectivity index (χ3v) is 2.01. The van der Waals surface area contributed by atoms with Crippen molar-refractivity contribution in [2.45, 2.75) is 13.0 Å². The van der Waals surface area contributed by atoms with Crippen LogP contribution in [0, 0.1) is 0 Å². The molecule has 2 rings (SSSR count). The van der Waals surface area contributed by atoms with Crippen LogP contribution in [0.5, 0.6) is 0 Å². The van der Waals surface area contributed by atoms with E-state index in [4.69, 9.17) is 5.11 Å². The average molecular weight is 201 g/mol. The predicted molar refractivity (Wildman–Crippen MR) is 55.0 cm³/mol. The monoisotopic (exact) mass is 201 g/mol. The smallest absolute Gasteiger partial charge is 0.134 e. The van der Waals surface area contributed by atoms with E-state index in [9.17, 15) is 0 Å². The van der Waals surface area contributed by atoms with Crippen molar-refractivity contribution in [3.8, 4) is 0 Å². The van der Waals surface area contributed by atoms with Crippen LogP contribution in [0.2, 0.25) is 0 Å². The minimum atomic E-state index is -0.0239. The second-order valence-corrected chi connectivity index (χ2v) is 3.16. The van der Waals surface area contributed by atoms with Crippen LogP contribution < -0.4 is 0 Å². The summed E-state index contributed by atoms with van der Waals surface area (Å²) in [6.07, 6.45) is 5.63. The van der Waals surface area contributed by atoms with E-state index in [-0.39, 0.29) is 6.61 Å². The molecule has 4 nitrogen and oxygen atoms in total. The number of hydrogen-bond acceptors (Lipinski definition) is 4. The summed E-state index contributed by atoms with van der Waals surface area (Å²) in [5.74, 6) is 0.714. The lowest BCUT2D eigenvalue weighted by Gasteiger charge is -2.00. The number of rotatable bonds is 3. The minimum absolute atomic E-state index is 0.0239. The molecule has 0 atom stereocenters. The maximum absolute atomic E-state index is 8.83. The fourth-order valence-corrected chi connectivity index (χ4v) is 1.22. The second-order valence-electron chi connectivity index (χ2n) is 3.16. The number of aromatic nitrogens is 3. The highest BCUT2D eigenvalue weighted by atomic mass is 16.3. The normalized spacial score (nSPS) is 10.2. The van der Waals surface area contributed by atoms with E-state index in [1.165, 1.54) is 0 Å². The van der Waals surface area contributed by atoms with E-state index in [1.807, 2.05) is 18.2 Å². The third-order valence-electron chi connectivity index (χ3n) is 2.01. The SMILES string of the molecule is OCc1cnc(Cc2ccccn2)nc1. The number of nitrogens with zero attached hydrogens (tertiary/aromatic N) is 3. The topological polar surface area (TPSA) is 58.9 Å². The molecule has 0 aliphatic rings. The highest BCUT2D eigenvalue weighted by Gasteiger charge is 1.99. The van der Waals surface area contributed by atoms with Crippen molar-refractivity contribution < 1.29 is 5.11 Å². The Morgan fingerprint density at radius 1 is 1.07 bits per heavy atom. The van der Waals surface area contributed by atoms with Crippen LogP contribution in [0.1, 0.15) is 17.1 Å². The van der Waals surface area contributed by atoms with Crippen LogP contribution in [0.3, 0.4) is 0 Å². The van der Waals surface area contributed by atoms with Gasteiger partial charge in [-0.25, -0.2) is 9.97 Å². The van der Waals surface area contributed by atoms with Gasteiger partial charge in [0, 0.05) is 36.3 Å². The van der Waals surface area contributed by atoms with Gasteiger partial charge in [0.2, 0.25) is 0 Å². The van der Waals surface area contributed by atoms with E-state index < -0.39 is 0 Å². The van der Waals surface area contributed by atoms with Gasteiger partial charge in [-0.15, -0.1) is 0 Å². The Balaban J connectivity index is 2.11. The molecule has 0 saturated heterocycles. The van der Waals surface area contributed by atoms with Gasteiger partial charge in [-0.3, -0.25) is 4.98 Å². The van der Waals surface area contributed by atoms with Crippen LogP contribution in [0.4, 0.5) is 0 Å². The summed E-state index contributed by atoms with van der Waals surface area (Å²) in [6.45, 7) is -0.0239. The molecule has 0 bridgehead atoms. The number of pyridine rings is 1. The Kier molecular flexibility index (Phi) is 2.99. The van der Waals surface area contributed by atoms with Crippen LogP contribution in [0.15, 0.2) is 36.8 Å². The summed E-state index contributed by atoms with van der Waals surface area (Å²) in [4.78, 5) is 12.5. The Bertz CT molecular complexity index is 414. The lowest BCUT2D eigenvalue weighted by Crippen LogP contribution is -1.99. The summed E-state index contributed by atoms with van der Waals surface area (Å²) in [6, 6.07) is 5.74. The number of aliphatic hydroxyl groups excluding tert-OH is 1. The molecule has 0 unspecified atom stereocenters. The fraction of sp³-hybridized carbons (Fsp3) is 0.182. The molecular formula is C11H11N3O. The van der Waals surface area contributed by atoms with E-state index in [2.05, 4.69) is 15.0 Å². The van der Waals surface area contributed by atoms with Crippen LogP contribution in [-0.4, -0.2) is 20.1 Å². The first-order valence-corrected chi connectivity index (χ1v) is 4.69. The fourth-order valence-electron chi connectivity index (χ4n) is 1.22. The lowest BCUT2D eigenvalue weighted by atomic mass is 10.2. The van der Waals surface area contributed by atoms with Crippen molar-refractivity contribution in [1.82, 2.24) is 15.0 Å². The maximum atomic E-state index is 8.83. The molecule has 1 N–H and O–H groups in total. The molecule has 0 saturated carbocycles. The molecule has 2 heterocycles. The van der Waals surface area contributed by atoms with Gasteiger partial charge in [0.15, 0.2) is 0 Å². The second kappa shape index (κ2) is 4.61. The molecule has 0 radical (unpaired) electrons. The van der Waals surface area contributed by atoms with Crippen molar-refractivity contribution in [2.24, 2.45) is 0 Å². The molecule has 15 heavy (non-hydrogen) atoms. The molecule has 0 fully saturated rings. The molecule has 0 spiro atoms. The molecule has 0 aliphatic heterocycles. The highest BCUT2D eigenvalue weighted by molar-refractivity contribution is 5.11. The predicted octanol–water partition coefficient (Wildman–Crippen LogP) is 0.955. The molecule has 2 aromatic heterocycles. The summed E-state index contributed by atoms with van der Waals surface area (Å²) in [5, 5.41) is 8.83. The first kappa shape index (κ1) is 9.73. The van der Waals surface area contributed by atoms with Crippen molar-refractivity contribution in [3.63, 3.8) is 0 Å². The van der Waals surface area contributed by atoms with Crippen molar-refractivity contribution >= 4 is 0 Å². The van der Waals surface area contributed by atoms with E-state index >= 15 is 0 Å². The zero-order valence-electron chi connectivity index (χ0n) is 8.17. The van der Waals surface area contributed by atoms with Crippen molar-refractivity contribution in [3.05, 3.63) is 53.9 Å². The Morgan fingerprint density at radius 2 is 1.87 bits per heavy atom. The van der Waals surface area contributed by atoms with Gasteiger partial charge >= 0.3 is 0 Å².